The number of ether oxygens (including phenoxy) is 2. The first-order chi connectivity index (χ1) is 8.69. The van der Waals surface area contributed by atoms with Crippen LogP contribution in [0.4, 0.5) is 8.78 Å². The van der Waals surface area contributed by atoms with E-state index < -0.39 is 17.4 Å². The number of hydrogen-bond donors (Lipinski definition) is 0. The monoisotopic (exact) mass is 254 g/mol. The van der Waals surface area contributed by atoms with E-state index in [1.807, 2.05) is 0 Å². The summed E-state index contributed by atoms with van der Waals surface area (Å²) in [5.74, 6) is -1.24. The zero-order valence-electron chi connectivity index (χ0n) is 10.1. The molecule has 2 aliphatic rings. The third-order valence-corrected chi connectivity index (χ3v) is 3.96. The van der Waals surface area contributed by atoms with E-state index in [2.05, 4.69) is 0 Å². The standard InChI is InChI=1S/C14H16F2O2/c15-11-1-2-12(13(16)9-11)10-3-5-14(6-4-10)17-7-8-18-14/h1-2,9-10H,3-8H2. The highest BCUT2D eigenvalue weighted by molar-refractivity contribution is 5.23. The van der Waals surface area contributed by atoms with Crippen LogP contribution >= 0.6 is 0 Å². The predicted molar refractivity (Wildman–Crippen MR) is 62.2 cm³/mol. The molecule has 1 spiro atoms. The zero-order valence-corrected chi connectivity index (χ0v) is 10.1. The van der Waals surface area contributed by atoms with E-state index in [0.717, 1.165) is 31.7 Å². The molecule has 0 aromatic heterocycles. The zero-order chi connectivity index (χ0) is 12.6. The van der Waals surface area contributed by atoms with Gasteiger partial charge in [-0.25, -0.2) is 8.78 Å². The van der Waals surface area contributed by atoms with Gasteiger partial charge in [-0.05, 0) is 30.4 Å². The summed E-state index contributed by atoms with van der Waals surface area (Å²) in [4.78, 5) is 0. The van der Waals surface area contributed by atoms with Crippen LogP contribution in [-0.2, 0) is 9.47 Å². The Labute approximate surface area is 105 Å². The summed E-state index contributed by atoms with van der Waals surface area (Å²) in [5, 5.41) is 0. The first-order valence-corrected chi connectivity index (χ1v) is 6.41. The Morgan fingerprint density at radius 2 is 1.72 bits per heavy atom. The molecule has 1 aromatic rings. The van der Waals surface area contributed by atoms with Crippen LogP contribution in [0.5, 0.6) is 0 Å². The van der Waals surface area contributed by atoms with E-state index >= 15 is 0 Å². The number of benzene rings is 1. The largest absolute Gasteiger partial charge is 0.348 e. The van der Waals surface area contributed by atoms with Crippen LogP contribution in [0.1, 0.15) is 37.2 Å². The lowest BCUT2D eigenvalue weighted by Crippen LogP contribution is -2.34. The maximum atomic E-state index is 13.7. The molecule has 0 N–H and O–H groups in total. The number of rotatable bonds is 1. The lowest BCUT2D eigenvalue weighted by Gasteiger charge is -2.35. The maximum Gasteiger partial charge on any atom is 0.168 e. The molecule has 4 heteroatoms. The molecule has 1 aliphatic heterocycles. The van der Waals surface area contributed by atoms with Gasteiger partial charge in [0, 0.05) is 18.9 Å². The molecule has 1 saturated heterocycles. The summed E-state index contributed by atoms with van der Waals surface area (Å²) < 4.78 is 37.9. The molecule has 0 amide bonds. The van der Waals surface area contributed by atoms with Gasteiger partial charge >= 0.3 is 0 Å². The van der Waals surface area contributed by atoms with Gasteiger partial charge in [0.1, 0.15) is 11.6 Å². The summed E-state index contributed by atoms with van der Waals surface area (Å²) in [6.45, 7) is 1.30. The molecule has 1 heterocycles. The molecule has 2 nitrogen and oxygen atoms in total. The summed E-state index contributed by atoms with van der Waals surface area (Å²) in [6.07, 6.45) is 3.22. The Kier molecular flexibility index (Phi) is 3.08. The minimum atomic E-state index is -0.522. The first kappa shape index (κ1) is 12.1. The normalized spacial score (nSPS) is 23.7. The van der Waals surface area contributed by atoms with E-state index in [1.54, 1.807) is 6.07 Å². The topological polar surface area (TPSA) is 18.5 Å². The SMILES string of the molecule is Fc1ccc(C2CCC3(CC2)OCCO3)c(F)c1. The molecule has 0 radical (unpaired) electrons. The van der Waals surface area contributed by atoms with Crippen molar-refractivity contribution in [1.82, 2.24) is 0 Å². The lowest BCUT2D eigenvalue weighted by atomic mass is 9.81. The van der Waals surface area contributed by atoms with Crippen molar-refractivity contribution in [1.29, 1.82) is 0 Å². The van der Waals surface area contributed by atoms with Crippen LogP contribution in [0.2, 0.25) is 0 Å². The number of hydrogen-bond acceptors (Lipinski definition) is 2. The van der Waals surface area contributed by atoms with Gasteiger partial charge in [0.15, 0.2) is 5.79 Å². The van der Waals surface area contributed by atoms with E-state index in [0.29, 0.717) is 18.8 Å². The van der Waals surface area contributed by atoms with Crippen LogP contribution in [0.3, 0.4) is 0 Å². The van der Waals surface area contributed by atoms with Crippen LogP contribution in [0, 0.1) is 11.6 Å². The molecular formula is C14H16F2O2. The highest BCUT2D eigenvalue weighted by Crippen LogP contribution is 2.42. The molecule has 0 atom stereocenters. The molecule has 0 unspecified atom stereocenters. The molecule has 1 saturated carbocycles. The van der Waals surface area contributed by atoms with Gasteiger partial charge in [0.05, 0.1) is 13.2 Å². The smallest absolute Gasteiger partial charge is 0.168 e. The van der Waals surface area contributed by atoms with Gasteiger partial charge in [-0.3, -0.25) is 0 Å². The van der Waals surface area contributed by atoms with Gasteiger partial charge < -0.3 is 9.47 Å². The number of halogens is 2. The maximum absolute atomic E-state index is 13.7. The average molecular weight is 254 g/mol. The summed E-state index contributed by atoms with van der Waals surface area (Å²) in [5.41, 5.74) is 0.615. The first-order valence-electron chi connectivity index (χ1n) is 6.41. The van der Waals surface area contributed by atoms with Gasteiger partial charge in [-0.15, -0.1) is 0 Å². The third kappa shape index (κ3) is 2.15. The van der Waals surface area contributed by atoms with Gasteiger partial charge in [-0.1, -0.05) is 6.07 Å². The van der Waals surface area contributed by atoms with Gasteiger partial charge in [-0.2, -0.15) is 0 Å². The van der Waals surface area contributed by atoms with Crippen molar-refractivity contribution in [3.8, 4) is 0 Å². The quantitative estimate of drug-likeness (QED) is 0.765. The molecule has 3 rings (SSSR count). The molecule has 1 aliphatic carbocycles. The summed E-state index contributed by atoms with van der Waals surface area (Å²) in [7, 11) is 0. The molecule has 2 fully saturated rings. The van der Waals surface area contributed by atoms with Crippen LogP contribution in [-0.4, -0.2) is 19.0 Å². The second-order valence-corrected chi connectivity index (χ2v) is 5.05. The Morgan fingerprint density at radius 1 is 1.06 bits per heavy atom. The van der Waals surface area contributed by atoms with Crippen LogP contribution in [0.15, 0.2) is 18.2 Å². The van der Waals surface area contributed by atoms with Crippen molar-refractivity contribution >= 4 is 0 Å². The molecule has 1 aromatic carbocycles. The van der Waals surface area contributed by atoms with E-state index in [9.17, 15) is 8.78 Å². The van der Waals surface area contributed by atoms with E-state index in [4.69, 9.17) is 9.47 Å². The summed E-state index contributed by atoms with van der Waals surface area (Å²) in [6, 6.07) is 3.84. The van der Waals surface area contributed by atoms with Gasteiger partial charge in [0.25, 0.3) is 0 Å². The third-order valence-electron chi connectivity index (χ3n) is 3.96. The molecule has 98 valence electrons. The van der Waals surface area contributed by atoms with Crippen molar-refractivity contribution in [2.24, 2.45) is 0 Å². The van der Waals surface area contributed by atoms with Crippen LogP contribution in [0.25, 0.3) is 0 Å². The van der Waals surface area contributed by atoms with Crippen LogP contribution < -0.4 is 0 Å². The Balaban J connectivity index is 1.72. The second-order valence-electron chi connectivity index (χ2n) is 5.05. The van der Waals surface area contributed by atoms with Crippen molar-refractivity contribution in [3.05, 3.63) is 35.4 Å². The molecular weight excluding hydrogens is 238 g/mol. The summed E-state index contributed by atoms with van der Waals surface area (Å²) >= 11 is 0. The highest BCUT2D eigenvalue weighted by atomic mass is 19.1. The fourth-order valence-corrected chi connectivity index (χ4v) is 2.99. The Hall–Kier alpha value is -1.00. The minimum absolute atomic E-state index is 0.143. The van der Waals surface area contributed by atoms with E-state index in [1.165, 1.54) is 6.07 Å². The fourth-order valence-electron chi connectivity index (χ4n) is 2.99. The Bertz CT molecular complexity index is 431. The molecule has 18 heavy (non-hydrogen) atoms. The van der Waals surface area contributed by atoms with Crippen molar-refractivity contribution in [3.63, 3.8) is 0 Å². The van der Waals surface area contributed by atoms with Crippen molar-refractivity contribution in [2.75, 3.05) is 13.2 Å². The Morgan fingerprint density at radius 3 is 2.33 bits per heavy atom. The van der Waals surface area contributed by atoms with Crippen molar-refractivity contribution in [2.45, 2.75) is 37.4 Å². The van der Waals surface area contributed by atoms with Crippen molar-refractivity contribution < 1.29 is 18.3 Å². The minimum Gasteiger partial charge on any atom is -0.348 e. The van der Waals surface area contributed by atoms with E-state index in [-0.39, 0.29) is 5.92 Å². The lowest BCUT2D eigenvalue weighted by molar-refractivity contribution is -0.178. The molecule has 0 bridgehead atoms. The predicted octanol–water partition coefficient (Wildman–Crippen LogP) is 3.37. The van der Waals surface area contributed by atoms with Gasteiger partial charge in [0.2, 0.25) is 0 Å². The second kappa shape index (κ2) is 4.59. The average Bonchev–Trinajstić information content (AvgIpc) is 2.80. The highest BCUT2D eigenvalue weighted by Gasteiger charge is 2.40. The fraction of sp³-hybridized carbons (Fsp3) is 0.571.